The first-order chi connectivity index (χ1) is 7.16. The van der Waals surface area contributed by atoms with Gasteiger partial charge in [-0.05, 0) is 6.42 Å². The van der Waals surface area contributed by atoms with Crippen LogP contribution in [0, 0.1) is 0 Å². The van der Waals surface area contributed by atoms with Gasteiger partial charge in [0.2, 0.25) is 0 Å². The van der Waals surface area contributed by atoms with Crippen LogP contribution in [0.15, 0.2) is 12.2 Å². The highest BCUT2D eigenvalue weighted by Gasteiger charge is 1.97. The molecule has 0 rings (SSSR count). The minimum atomic E-state index is -1.17. The fraction of sp³-hybridized carbons (Fsp3) is 0.600. The van der Waals surface area contributed by atoms with Crippen molar-refractivity contribution < 1.29 is 24.2 Å². The van der Waals surface area contributed by atoms with Crippen LogP contribution in [0.2, 0.25) is 0 Å². The number of rotatable bonds is 8. The van der Waals surface area contributed by atoms with Crippen LogP contribution in [0.25, 0.3) is 0 Å². The van der Waals surface area contributed by atoms with Crippen molar-refractivity contribution in [1.82, 2.24) is 0 Å². The molecule has 0 aliphatic heterocycles. The van der Waals surface area contributed by atoms with Gasteiger partial charge < -0.3 is 14.6 Å². The van der Waals surface area contributed by atoms with Crippen molar-refractivity contribution >= 4 is 11.9 Å². The number of esters is 1. The Morgan fingerprint density at radius 1 is 1.20 bits per heavy atom. The predicted molar refractivity (Wildman–Crippen MR) is 53.5 cm³/mol. The Hall–Kier alpha value is -1.36. The van der Waals surface area contributed by atoms with Gasteiger partial charge in [-0.15, -0.1) is 0 Å². The summed E-state index contributed by atoms with van der Waals surface area (Å²) in [7, 11) is 0. The summed E-state index contributed by atoms with van der Waals surface area (Å²) in [4.78, 5) is 20.8. The maximum Gasteiger partial charge on any atom is 0.331 e. The van der Waals surface area contributed by atoms with Crippen LogP contribution in [0.3, 0.4) is 0 Å². The lowest BCUT2D eigenvalue weighted by molar-refractivity contribution is -0.140. The molecular formula is C10H16O5. The average Bonchev–Trinajstić information content (AvgIpc) is 2.20. The number of hydrogen-bond donors (Lipinski definition) is 1. The third-order valence-electron chi connectivity index (χ3n) is 1.48. The van der Waals surface area contributed by atoms with Crippen molar-refractivity contribution in [3.63, 3.8) is 0 Å². The first-order valence-electron chi connectivity index (χ1n) is 4.82. The molecule has 0 atom stereocenters. The summed E-state index contributed by atoms with van der Waals surface area (Å²) in [5.74, 6) is -1.84. The molecule has 5 heteroatoms. The third kappa shape index (κ3) is 10.6. The standard InChI is InChI=1S/C10H16O5/c1-2-3-6-14-7-8-15-10(13)5-4-9(11)12/h4-5H,2-3,6-8H2,1H3,(H,11,12)/b5-4+. The Morgan fingerprint density at radius 2 is 1.93 bits per heavy atom. The molecule has 0 unspecified atom stereocenters. The molecule has 0 radical (unpaired) electrons. The van der Waals surface area contributed by atoms with Crippen LogP contribution in [0.5, 0.6) is 0 Å². The molecule has 0 spiro atoms. The number of carboxylic acid groups (broad SMARTS) is 1. The van der Waals surface area contributed by atoms with E-state index in [1.165, 1.54) is 0 Å². The molecule has 0 aliphatic carbocycles. The van der Waals surface area contributed by atoms with Gasteiger partial charge >= 0.3 is 11.9 Å². The van der Waals surface area contributed by atoms with Crippen molar-refractivity contribution in [2.75, 3.05) is 19.8 Å². The first-order valence-corrected chi connectivity index (χ1v) is 4.82. The monoisotopic (exact) mass is 216 g/mol. The Labute approximate surface area is 88.7 Å². The van der Waals surface area contributed by atoms with Crippen molar-refractivity contribution in [1.29, 1.82) is 0 Å². The molecule has 1 N–H and O–H groups in total. The highest BCUT2D eigenvalue weighted by atomic mass is 16.6. The molecule has 0 saturated heterocycles. The molecule has 86 valence electrons. The molecule has 0 amide bonds. The lowest BCUT2D eigenvalue weighted by Crippen LogP contribution is -2.09. The van der Waals surface area contributed by atoms with E-state index >= 15 is 0 Å². The normalized spacial score (nSPS) is 10.5. The zero-order chi connectivity index (χ0) is 11.5. The van der Waals surface area contributed by atoms with E-state index < -0.39 is 11.9 Å². The number of carbonyl (C=O) groups excluding carboxylic acids is 1. The van der Waals surface area contributed by atoms with Crippen molar-refractivity contribution in [3.05, 3.63) is 12.2 Å². The lowest BCUT2D eigenvalue weighted by Gasteiger charge is -2.03. The summed E-state index contributed by atoms with van der Waals surface area (Å²) in [6.45, 7) is 3.19. The first kappa shape index (κ1) is 13.6. The van der Waals surface area contributed by atoms with Gasteiger partial charge in [-0.25, -0.2) is 9.59 Å². The number of carbonyl (C=O) groups is 2. The Morgan fingerprint density at radius 3 is 2.53 bits per heavy atom. The van der Waals surface area contributed by atoms with Crippen LogP contribution in [0.1, 0.15) is 19.8 Å². The molecule has 0 fully saturated rings. The minimum absolute atomic E-state index is 0.145. The summed E-state index contributed by atoms with van der Waals surface area (Å²) >= 11 is 0. The smallest absolute Gasteiger partial charge is 0.331 e. The number of carboxylic acids is 1. The summed E-state index contributed by atoms with van der Waals surface area (Å²) in [5.41, 5.74) is 0. The fourth-order valence-corrected chi connectivity index (χ4v) is 0.737. The second-order valence-electron chi connectivity index (χ2n) is 2.80. The fourth-order valence-electron chi connectivity index (χ4n) is 0.737. The van der Waals surface area contributed by atoms with Gasteiger partial charge in [-0.2, -0.15) is 0 Å². The van der Waals surface area contributed by atoms with Gasteiger partial charge in [-0.3, -0.25) is 0 Å². The van der Waals surface area contributed by atoms with Gasteiger partial charge in [0.05, 0.1) is 6.61 Å². The quantitative estimate of drug-likeness (QED) is 0.372. The third-order valence-corrected chi connectivity index (χ3v) is 1.48. The van der Waals surface area contributed by atoms with E-state index in [4.69, 9.17) is 9.84 Å². The van der Waals surface area contributed by atoms with Crippen LogP contribution < -0.4 is 0 Å². The molecular weight excluding hydrogens is 200 g/mol. The summed E-state index contributed by atoms with van der Waals surface area (Å²) < 4.78 is 9.79. The van der Waals surface area contributed by atoms with E-state index in [9.17, 15) is 9.59 Å². The number of unbranched alkanes of at least 4 members (excludes halogenated alkanes) is 1. The van der Waals surface area contributed by atoms with E-state index in [0.29, 0.717) is 13.2 Å². The van der Waals surface area contributed by atoms with Gasteiger partial charge in [0.1, 0.15) is 6.61 Å². The number of hydrogen-bond acceptors (Lipinski definition) is 4. The molecule has 0 saturated carbocycles. The molecule has 0 bridgehead atoms. The topological polar surface area (TPSA) is 72.8 Å². The highest BCUT2D eigenvalue weighted by Crippen LogP contribution is 1.88. The maximum atomic E-state index is 10.8. The predicted octanol–water partition coefficient (Wildman–Crippen LogP) is 0.987. The molecule has 0 aromatic rings. The number of aliphatic carboxylic acids is 1. The highest BCUT2D eigenvalue weighted by molar-refractivity contribution is 5.90. The number of ether oxygens (including phenoxy) is 2. The second kappa shape index (κ2) is 9.21. The molecule has 0 aliphatic rings. The maximum absolute atomic E-state index is 10.8. The van der Waals surface area contributed by atoms with E-state index in [1.807, 2.05) is 0 Å². The molecule has 0 aromatic carbocycles. The van der Waals surface area contributed by atoms with E-state index in [0.717, 1.165) is 25.0 Å². The SMILES string of the molecule is CCCCOCCOC(=O)/C=C/C(=O)O. The van der Waals surface area contributed by atoms with Gasteiger partial charge in [-0.1, -0.05) is 13.3 Å². The lowest BCUT2D eigenvalue weighted by atomic mass is 10.4. The second-order valence-corrected chi connectivity index (χ2v) is 2.80. The van der Waals surface area contributed by atoms with Crippen LogP contribution in [-0.2, 0) is 19.1 Å². The van der Waals surface area contributed by atoms with Crippen LogP contribution >= 0.6 is 0 Å². The molecule has 0 aromatic heterocycles. The van der Waals surface area contributed by atoms with Crippen molar-refractivity contribution in [2.24, 2.45) is 0 Å². The summed E-state index contributed by atoms with van der Waals surface area (Å²) in [6, 6.07) is 0. The zero-order valence-corrected chi connectivity index (χ0v) is 8.77. The van der Waals surface area contributed by atoms with Crippen LogP contribution in [-0.4, -0.2) is 36.9 Å². The van der Waals surface area contributed by atoms with E-state index in [1.54, 1.807) is 0 Å². The van der Waals surface area contributed by atoms with E-state index in [2.05, 4.69) is 11.7 Å². The van der Waals surface area contributed by atoms with Gasteiger partial charge in [0.25, 0.3) is 0 Å². The van der Waals surface area contributed by atoms with E-state index in [-0.39, 0.29) is 6.61 Å². The van der Waals surface area contributed by atoms with Crippen molar-refractivity contribution in [3.8, 4) is 0 Å². The van der Waals surface area contributed by atoms with Gasteiger partial charge in [0.15, 0.2) is 0 Å². The molecule has 0 heterocycles. The average molecular weight is 216 g/mol. The summed E-state index contributed by atoms with van der Waals surface area (Å²) in [6.07, 6.45) is 3.64. The largest absolute Gasteiger partial charge is 0.478 e. The Balaban J connectivity index is 3.35. The molecule has 15 heavy (non-hydrogen) atoms. The zero-order valence-electron chi connectivity index (χ0n) is 8.77. The summed E-state index contributed by atoms with van der Waals surface area (Å²) in [5, 5.41) is 8.21. The van der Waals surface area contributed by atoms with Crippen LogP contribution in [0.4, 0.5) is 0 Å². The Kier molecular flexibility index (Phi) is 8.37. The Bertz CT molecular complexity index is 222. The minimum Gasteiger partial charge on any atom is -0.478 e. The van der Waals surface area contributed by atoms with Crippen molar-refractivity contribution in [2.45, 2.75) is 19.8 Å². The molecule has 5 nitrogen and oxygen atoms in total. The van der Waals surface area contributed by atoms with Gasteiger partial charge in [0, 0.05) is 18.8 Å².